The summed E-state index contributed by atoms with van der Waals surface area (Å²) in [6.45, 7) is 3.36. The molecule has 0 radical (unpaired) electrons. The van der Waals surface area contributed by atoms with Crippen LogP contribution >= 0.6 is 27.3 Å². The van der Waals surface area contributed by atoms with Crippen LogP contribution < -0.4 is 5.32 Å². The van der Waals surface area contributed by atoms with Crippen LogP contribution in [0.15, 0.2) is 15.2 Å². The summed E-state index contributed by atoms with van der Waals surface area (Å²) in [5, 5.41) is 8.21. The molecule has 96 valence electrons. The first-order valence-electron chi connectivity index (χ1n) is 6.76. The fraction of sp³-hybridized carbons (Fsp3) is 0.714. The number of hydrogen-bond acceptors (Lipinski definition) is 2. The minimum absolute atomic E-state index is 0.554. The fourth-order valence-corrected chi connectivity index (χ4v) is 4.39. The van der Waals surface area contributed by atoms with Gasteiger partial charge in [0.25, 0.3) is 0 Å². The average molecular weight is 316 g/mol. The van der Waals surface area contributed by atoms with Crippen LogP contribution in [0.25, 0.3) is 0 Å². The molecular formula is C14H22BrNS. The van der Waals surface area contributed by atoms with Crippen LogP contribution in [0.2, 0.25) is 0 Å². The standard InChI is InChI=1S/C14H22BrNS/c1-2-7-16-14(8-11-5-3-4-6-11)12-9-17-10-13(12)15/h9-11,14,16H,2-8H2,1H3. The van der Waals surface area contributed by atoms with E-state index in [0.29, 0.717) is 6.04 Å². The van der Waals surface area contributed by atoms with Crippen LogP contribution in [-0.2, 0) is 0 Å². The summed E-state index contributed by atoms with van der Waals surface area (Å²) in [5.41, 5.74) is 1.47. The molecule has 1 aromatic heterocycles. The predicted octanol–water partition coefficient (Wildman–Crippen LogP) is 5.13. The van der Waals surface area contributed by atoms with Gasteiger partial charge in [-0.1, -0.05) is 32.6 Å². The molecule has 1 fully saturated rings. The van der Waals surface area contributed by atoms with E-state index in [1.54, 1.807) is 11.3 Å². The van der Waals surface area contributed by atoms with Crippen molar-refractivity contribution in [3.05, 3.63) is 20.8 Å². The quantitative estimate of drug-likeness (QED) is 0.767. The third-order valence-electron chi connectivity index (χ3n) is 3.70. The lowest BCUT2D eigenvalue weighted by Gasteiger charge is -2.22. The molecule has 1 aromatic rings. The van der Waals surface area contributed by atoms with E-state index in [0.717, 1.165) is 12.5 Å². The average Bonchev–Trinajstić information content (AvgIpc) is 2.95. The maximum Gasteiger partial charge on any atom is 0.0342 e. The highest BCUT2D eigenvalue weighted by atomic mass is 79.9. The maximum atomic E-state index is 3.72. The first-order valence-corrected chi connectivity index (χ1v) is 8.49. The normalized spacial score (nSPS) is 18.7. The van der Waals surface area contributed by atoms with Gasteiger partial charge < -0.3 is 5.32 Å². The monoisotopic (exact) mass is 315 g/mol. The van der Waals surface area contributed by atoms with Crippen molar-refractivity contribution in [1.82, 2.24) is 5.32 Å². The lowest BCUT2D eigenvalue weighted by Crippen LogP contribution is -2.24. The number of nitrogens with one attached hydrogen (secondary N) is 1. The SMILES string of the molecule is CCCNC(CC1CCCC1)c1cscc1Br. The predicted molar refractivity (Wildman–Crippen MR) is 79.6 cm³/mol. The number of thiophene rings is 1. The van der Waals surface area contributed by atoms with Gasteiger partial charge >= 0.3 is 0 Å². The molecule has 0 bridgehead atoms. The van der Waals surface area contributed by atoms with Gasteiger partial charge in [0, 0.05) is 15.9 Å². The molecule has 3 heteroatoms. The minimum atomic E-state index is 0.554. The van der Waals surface area contributed by atoms with Crippen molar-refractivity contribution in [3.63, 3.8) is 0 Å². The van der Waals surface area contributed by atoms with Gasteiger partial charge in [-0.2, -0.15) is 11.3 Å². The minimum Gasteiger partial charge on any atom is -0.310 e. The molecule has 0 saturated heterocycles. The van der Waals surface area contributed by atoms with E-state index in [4.69, 9.17) is 0 Å². The second-order valence-corrected chi connectivity index (χ2v) is 6.67. The number of hydrogen-bond donors (Lipinski definition) is 1. The van der Waals surface area contributed by atoms with Crippen molar-refractivity contribution in [1.29, 1.82) is 0 Å². The van der Waals surface area contributed by atoms with Gasteiger partial charge in [0.1, 0.15) is 0 Å². The number of halogens is 1. The summed E-state index contributed by atoms with van der Waals surface area (Å²) >= 11 is 5.48. The van der Waals surface area contributed by atoms with Crippen molar-refractivity contribution < 1.29 is 0 Å². The largest absolute Gasteiger partial charge is 0.310 e. The Labute approximate surface area is 117 Å². The molecule has 0 spiro atoms. The summed E-state index contributed by atoms with van der Waals surface area (Å²) in [6, 6.07) is 0.554. The van der Waals surface area contributed by atoms with E-state index < -0.39 is 0 Å². The summed E-state index contributed by atoms with van der Waals surface area (Å²) in [7, 11) is 0. The zero-order chi connectivity index (χ0) is 12.1. The summed E-state index contributed by atoms with van der Waals surface area (Å²) in [6.07, 6.45) is 8.28. The van der Waals surface area contributed by atoms with Crippen LogP contribution in [0.1, 0.15) is 57.1 Å². The molecule has 1 heterocycles. The van der Waals surface area contributed by atoms with E-state index in [-0.39, 0.29) is 0 Å². The van der Waals surface area contributed by atoms with Crippen molar-refractivity contribution in [2.24, 2.45) is 5.92 Å². The molecule has 1 saturated carbocycles. The Kier molecular flexibility index (Phi) is 5.51. The third kappa shape index (κ3) is 3.80. The molecule has 0 amide bonds. The summed E-state index contributed by atoms with van der Waals surface area (Å²) in [5.74, 6) is 0.941. The molecule has 1 nitrogen and oxygen atoms in total. The van der Waals surface area contributed by atoms with E-state index in [2.05, 4.69) is 38.9 Å². The first-order chi connectivity index (χ1) is 8.31. The molecule has 1 atom stereocenters. The van der Waals surface area contributed by atoms with Gasteiger partial charge in [-0.3, -0.25) is 0 Å². The van der Waals surface area contributed by atoms with Crippen LogP contribution in [0.5, 0.6) is 0 Å². The van der Waals surface area contributed by atoms with Crippen LogP contribution in [0.4, 0.5) is 0 Å². The molecule has 17 heavy (non-hydrogen) atoms. The van der Waals surface area contributed by atoms with Gasteiger partial charge in [0.15, 0.2) is 0 Å². The van der Waals surface area contributed by atoms with Gasteiger partial charge in [-0.05, 0) is 52.2 Å². The lowest BCUT2D eigenvalue weighted by molar-refractivity contribution is 0.395. The second-order valence-electron chi connectivity index (χ2n) is 5.07. The van der Waals surface area contributed by atoms with Crippen molar-refractivity contribution >= 4 is 27.3 Å². The highest BCUT2D eigenvalue weighted by Gasteiger charge is 2.22. The van der Waals surface area contributed by atoms with Crippen LogP contribution in [-0.4, -0.2) is 6.54 Å². The van der Waals surface area contributed by atoms with Gasteiger partial charge in [-0.15, -0.1) is 0 Å². The van der Waals surface area contributed by atoms with Crippen molar-refractivity contribution in [2.75, 3.05) is 6.54 Å². The van der Waals surface area contributed by atoms with Crippen molar-refractivity contribution in [2.45, 2.75) is 51.5 Å². The number of rotatable bonds is 6. The van der Waals surface area contributed by atoms with Gasteiger partial charge in [0.05, 0.1) is 0 Å². The highest BCUT2D eigenvalue weighted by molar-refractivity contribution is 9.10. The molecule has 1 N–H and O–H groups in total. The van der Waals surface area contributed by atoms with Crippen LogP contribution in [0.3, 0.4) is 0 Å². The molecule has 0 aliphatic heterocycles. The fourth-order valence-electron chi connectivity index (χ4n) is 2.76. The summed E-state index contributed by atoms with van der Waals surface area (Å²) in [4.78, 5) is 0. The first kappa shape index (κ1) is 13.6. The van der Waals surface area contributed by atoms with E-state index >= 15 is 0 Å². The van der Waals surface area contributed by atoms with Gasteiger partial charge in [0.2, 0.25) is 0 Å². The van der Waals surface area contributed by atoms with Crippen molar-refractivity contribution in [3.8, 4) is 0 Å². The Morgan fingerprint density at radius 3 is 2.76 bits per heavy atom. The zero-order valence-corrected chi connectivity index (χ0v) is 12.9. The molecule has 1 unspecified atom stereocenters. The van der Waals surface area contributed by atoms with E-state index in [1.807, 2.05) is 0 Å². The van der Waals surface area contributed by atoms with Crippen LogP contribution in [0, 0.1) is 5.92 Å². The summed E-state index contributed by atoms with van der Waals surface area (Å²) < 4.78 is 1.29. The molecule has 1 aliphatic carbocycles. The Bertz CT molecular complexity index is 331. The Hall–Kier alpha value is 0.140. The zero-order valence-electron chi connectivity index (χ0n) is 10.5. The van der Waals surface area contributed by atoms with E-state index in [9.17, 15) is 0 Å². The highest BCUT2D eigenvalue weighted by Crippen LogP contribution is 2.36. The molecule has 1 aliphatic rings. The van der Waals surface area contributed by atoms with Gasteiger partial charge in [-0.25, -0.2) is 0 Å². The Balaban J connectivity index is 1.99. The second kappa shape index (κ2) is 6.91. The molecule has 2 rings (SSSR count). The molecule has 0 aromatic carbocycles. The Morgan fingerprint density at radius 1 is 1.41 bits per heavy atom. The van der Waals surface area contributed by atoms with E-state index in [1.165, 1.54) is 48.6 Å². The third-order valence-corrected chi connectivity index (χ3v) is 5.45. The smallest absolute Gasteiger partial charge is 0.0342 e. The maximum absolute atomic E-state index is 3.72. The Morgan fingerprint density at radius 2 is 2.18 bits per heavy atom. The molecular weight excluding hydrogens is 294 g/mol. The lowest BCUT2D eigenvalue weighted by atomic mass is 9.95. The topological polar surface area (TPSA) is 12.0 Å².